The lowest BCUT2D eigenvalue weighted by atomic mass is 9.94. The summed E-state index contributed by atoms with van der Waals surface area (Å²) in [6.45, 7) is 5.89. The van der Waals surface area contributed by atoms with Crippen molar-refractivity contribution in [3.05, 3.63) is 36.5 Å². The van der Waals surface area contributed by atoms with Crippen LogP contribution in [0.4, 0.5) is 0 Å². The lowest BCUT2D eigenvalue weighted by Crippen LogP contribution is -1.96. The molecule has 0 N–H and O–H groups in total. The van der Waals surface area contributed by atoms with Crippen molar-refractivity contribution in [1.29, 1.82) is 0 Å². The fourth-order valence-corrected chi connectivity index (χ4v) is 1.19. The number of hydrogen-bond donors (Lipinski definition) is 0. The fourth-order valence-electron chi connectivity index (χ4n) is 1.19. The van der Waals surface area contributed by atoms with E-state index in [1.807, 2.05) is 12.2 Å². The Balaban J connectivity index is 2.52. The zero-order valence-corrected chi connectivity index (χ0v) is 6.43. The van der Waals surface area contributed by atoms with Crippen molar-refractivity contribution in [2.75, 3.05) is 0 Å². The van der Waals surface area contributed by atoms with Crippen molar-refractivity contribution in [1.82, 2.24) is 0 Å². The number of hydrogen-bond acceptors (Lipinski definition) is 0. The van der Waals surface area contributed by atoms with Crippen LogP contribution < -0.4 is 0 Å². The summed E-state index contributed by atoms with van der Waals surface area (Å²) in [4.78, 5) is 0. The van der Waals surface area contributed by atoms with E-state index in [0.717, 1.165) is 12.8 Å². The second-order valence-electron chi connectivity index (χ2n) is 2.76. The SMILES string of the molecule is C=CCC1=CC=[C][C@@H](C)C1. The first-order valence-electron chi connectivity index (χ1n) is 3.71. The average molecular weight is 133 g/mol. The van der Waals surface area contributed by atoms with Gasteiger partial charge >= 0.3 is 0 Å². The van der Waals surface area contributed by atoms with E-state index in [2.05, 4.69) is 25.7 Å². The van der Waals surface area contributed by atoms with Crippen LogP contribution in [0.2, 0.25) is 0 Å². The molecule has 1 radical (unpaired) electrons. The van der Waals surface area contributed by atoms with Crippen molar-refractivity contribution in [2.24, 2.45) is 5.92 Å². The highest BCUT2D eigenvalue weighted by molar-refractivity contribution is 5.18. The molecule has 0 aromatic rings. The molecule has 0 aromatic carbocycles. The molecular weight excluding hydrogens is 120 g/mol. The minimum absolute atomic E-state index is 0.597. The molecular formula is C10H13. The standard InChI is InChI=1S/C10H13/c1-3-5-10-7-4-6-9(2)8-10/h3-4,7,9H,1,5,8H2,2H3/t9-/m1/s1. The minimum Gasteiger partial charge on any atom is -0.103 e. The van der Waals surface area contributed by atoms with Crippen LogP contribution in [0.5, 0.6) is 0 Å². The molecule has 0 aromatic heterocycles. The van der Waals surface area contributed by atoms with Gasteiger partial charge < -0.3 is 0 Å². The van der Waals surface area contributed by atoms with Gasteiger partial charge in [0.1, 0.15) is 0 Å². The van der Waals surface area contributed by atoms with E-state index in [9.17, 15) is 0 Å². The van der Waals surface area contributed by atoms with E-state index in [1.165, 1.54) is 5.57 Å². The number of rotatable bonds is 2. The van der Waals surface area contributed by atoms with E-state index in [1.54, 1.807) is 0 Å². The van der Waals surface area contributed by atoms with Crippen molar-refractivity contribution in [3.63, 3.8) is 0 Å². The van der Waals surface area contributed by atoms with E-state index in [4.69, 9.17) is 0 Å². The molecule has 0 nitrogen and oxygen atoms in total. The normalized spacial score (nSPS) is 24.1. The fraction of sp³-hybridized carbons (Fsp3) is 0.400. The summed E-state index contributed by atoms with van der Waals surface area (Å²) in [7, 11) is 0. The molecule has 53 valence electrons. The second kappa shape index (κ2) is 3.40. The van der Waals surface area contributed by atoms with Crippen LogP contribution in [-0.4, -0.2) is 0 Å². The third-order valence-electron chi connectivity index (χ3n) is 1.67. The molecule has 0 saturated heterocycles. The Morgan fingerprint density at radius 1 is 1.90 bits per heavy atom. The lowest BCUT2D eigenvalue weighted by Gasteiger charge is -2.11. The van der Waals surface area contributed by atoms with E-state index in [0.29, 0.717) is 5.92 Å². The van der Waals surface area contributed by atoms with Gasteiger partial charge in [-0.25, -0.2) is 0 Å². The molecule has 1 aliphatic rings. The van der Waals surface area contributed by atoms with Gasteiger partial charge in [-0.15, -0.1) is 6.58 Å². The molecule has 10 heavy (non-hydrogen) atoms. The third-order valence-corrected chi connectivity index (χ3v) is 1.67. The van der Waals surface area contributed by atoms with E-state index >= 15 is 0 Å². The van der Waals surface area contributed by atoms with Crippen molar-refractivity contribution >= 4 is 0 Å². The summed E-state index contributed by atoms with van der Waals surface area (Å²) in [6.07, 6.45) is 11.5. The Labute approximate surface area is 62.9 Å². The smallest absolute Gasteiger partial charge is 0.0138 e. The van der Waals surface area contributed by atoms with Crippen LogP contribution in [0.15, 0.2) is 30.4 Å². The Bertz CT molecular complexity index is 172. The first-order valence-corrected chi connectivity index (χ1v) is 3.71. The molecule has 0 fully saturated rings. The van der Waals surface area contributed by atoms with Gasteiger partial charge in [-0.2, -0.15) is 0 Å². The highest BCUT2D eigenvalue weighted by Crippen LogP contribution is 2.19. The van der Waals surface area contributed by atoms with Gasteiger partial charge in [0, 0.05) is 0 Å². The molecule has 0 aliphatic heterocycles. The summed E-state index contributed by atoms with van der Waals surface area (Å²) in [5.41, 5.74) is 1.47. The summed E-state index contributed by atoms with van der Waals surface area (Å²) in [6, 6.07) is 0. The Kier molecular flexibility index (Phi) is 2.49. The monoisotopic (exact) mass is 133 g/mol. The number of allylic oxidation sites excluding steroid dienone is 5. The maximum Gasteiger partial charge on any atom is -0.0138 e. The van der Waals surface area contributed by atoms with Gasteiger partial charge in [-0.3, -0.25) is 0 Å². The first-order chi connectivity index (χ1) is 4.83. The van der Waals surface area contributed by atoms with Crippen molar-refractivity contribution < 1.29 is 0 Å². The average Bonchev–Trinajstić information content (AvgIpc) is 1.88. The van der Waals surface area contributed by atoms with Crippen LogP contribution in [0.25, 0.3) is 0 Å². The molecule has 0 saturated carbocycles. The molecule has 1 rings (SSSR count). The predicted molar refractivity (Wildman–Crippen MR) is 44.5 cm³/mol. The van der Waals surface area contributed by atoms with E-state index in [-0.39, 0.29) is 0 Å². The quantitative estimate of drug-likeness (QED) is 0.508. The molecule has 1 aliphatic carbocycles. The first kappa shape index (κ1) is 7.33. The topological polar surface area (TPSA) is 0 Å². The molecule has 0 unspecified atom stereocenters. The molecule has 0 bridgehead atoms. The summed E-state index contributed by atoms with van der Waals surface area (Å²) in [5, 5.41) is 0. The minimum atomic E-state index is 0.597. The van der Waals surface area contributed by atoms with Crippen LogP contribution in [0, 0.1) is 12.0 Å². The maximum atomic E-state index is 3.70. The molecule has 0 heteroatoms. The van der Waals surface area contributed by atoms with Gasteiger partial charge in [-0.05, 0) is 24.8 Å². The Morgan fingerprint density at radius 2 is 2.70 bits per heavy atom. The maximum absolute atomic E-state index is 3.70. The highest BCUT2D eigenvalue weighted by Gasteiger charge is 2.04. The molecule has 0 heterocycles. The van der Waals surface area contributed by atoms with E-state index < -0.39 is 0 Å². The summed E-state index contributed by atoms with van der Waals surface area (Å²) in [5.74, 6) is 0.597. The van der Waals surface area contributed by atoms with Crippen molar-refractivity contribution in [3.8, 4) is 0 Å². The van der Waals surface area contributed by atoms with Crippen LogP contribution in [0.1, 0.15) is 19.8 Å². The third kappa shape index (κ3) is 1.87. The predicted octanol–water partition coefficient (Wildman–Crippen LogP) is 2.89. The van der Waals surface area contributed by atoms with Gasteiger partial charge in [0.2, 0.25) is 0 Å². The second-order valence-corrected chi connectivity index (χ2v) is 2.76. The largest absolute Gasteiger partial charge is 0.103 e. The van der Waals surface area contributed by atoms with Gasteiger partial charge in [0.25, 0.3) is 0 Å². The van der Waals surface area contributed by atoms with Crippen molar-refractivity contribution in [2.45, 2.75) is 19.8 Å². The molecule has 1 atom stereocenters. The van der Waals surface area contributed by atoms with Gasteiger partial charge in [0.15, 0.2) is 0 Å². The van der Waals surface area contributed by atoms with Crippen LogP contribution in [-0.2, 0) is 0 Å². The molecule has 0 spiro atoms. The zero-order chi connectivity index (χ0) is 7.40. The van der Waals surface area contributed by atoms with Crippen LogP contribution >= 0.6 is 0 Å². The summed E-state index contributed by atoms with van der Waals surface area (Å²) < 4.78 is 0. The highest BCUT2D eigenvalue weighted by atomic mass is 14.1. The van der Waals surface area contributed by atoms with Crippen LogP contribution in [0.3, 0.4) is 0 Å². The van der Waals surface area contributed by atoms with Gasteiger partial charge in [-0.1, -0.05) is 30.7 Å². The lowest BCUT2D eigenvalue weighted by molar-refractivity contribution is 0.678. The summed E-state index contributed by atoms with van der Waals surface area (Å²) >= 11 is 0. The Hall–Kier alpha value is -0.780. The zero-order valence-electron chi connectivity index (χ0n) is 6.43. The van der Waals surface area contributed by atoms with Gasteiger partial charge in [0.05, 0.1) is 0 Å². The Morgan fingerprint density at radius 3 is 3.30 bits per heavy atom. The molecule has 0 amide bonds.